The molecule has 0 aliphatic heterocycles. The molecule has 1 aliphatic carbocycles. The van der Waals surface area contributed by atoms with Crippen molar-refractivity contribution >= 4 is 11.8 Å². The van der Waals surface area contributed by atoms with Gasteiger partial charge in [0.1, 0.15) is 0 Å². The number of aryl methyl sites for hydroxylation is 1. The lowest BCUT2D eigenvalue weighted by molar-refractivity contribution is 0.472. The van der Waals surface area contributed by atoms with E-state index in [4.69, 9.17) is 0 Å². The maximum absolute atomic E-state index is 4.48. The first-order chi connectivity index (χ1) is 7.31. The second kappa shape index (κ2) is 4.99. The first-order valence-corrected chi connectivity index (χ1v) is 6.89. The van der Waals surface area contributed by atoms with E-state index in [9.17, 15) is 0 Å². The summed E-state index contributed by atoms with van der Waals surface area (Å²) in [5.41, 5.74) is 2.69. The van der Waals surface area contributed by atoms with Crippen molar-refractivity contribution in [3.63, 3.8) is 0 Å². The highest BCUT2D eigenvalue weighted by atomic mass is 32.2. The molecule has 2 atom stereocenters. The summed E-state index contributed by atoms with van der Waals surface area (Å²) in [7, 11) is 0. The van der Waals surface area contributed by atoms with E-state index in [0.29, 0.717) is 12.1 Å². The van der Waals surface area contributed by atoms with Crippen LogP contribution < -0.4 is 5.32 Å². The zero-order valence-corrected chi connectivity index (χ0v) is 10.2. The number of pyridine rings is 1. The first-order valence-electron chi connectivity index (χ1n) is 5.50. The second-order valence-corrected chi connectivity index (χ2v) is 5.07. The lowest BCUT2D eigenvalue weighted by Crippen LogP contribution is -2.31. The fourth-order valence-corrected chi connectivity index (χ4v) is 2.81. The summed E-state index contributed by atoms with van der Waals surface area (Å²) >= 11 is 1.89. The quantitative estimate of drug-likeness (QED) is 0.847. The molecule has 0 amide bonds. The molecule has 3 heteroatoms. The third kappa shape index (κ3) is 2.52. The molecule has 1 N–H and O–H groups in total. The van der Waals surface area contributed by atoms with Gasteiger partial charge in [-0.1, -0.05) is 6.07 Å². The van der Waals surface area contributed by atoms with E-state index >= 15 is 0 Å². The van der Waals surface area contributed by atoms with Gasteiger partial charge in [0.2, 0.25) is 0 Å². The van der Waals surface area contributed by atoms with Crippen LogP contribution in [0, 0.1) is 0 Å². The maximum atomic E-state index is 4.48. The molecule has 0 bridgehead atoms. The van der Waals surface area contributed by atoms with Gasteiger partial charge >= 0.3 is 0 Å². The minimum absolute atomic E-state index is 0.475. The molecule has 15 heavy (non-hydrogen) atoms. The van der Waals surface area contributed by atoms with E-state index in [0.717, 1.165) is 0 Å². The Kier molecular flexibility index (Phi) is 3.65. The lowest BCUT2D eigenvalue weighted by Gasteiger charge is -2.18. The molecular weight excluding hydrogens is 204 g/mol. The van der Waals surface area contributed by atoms with Crippen molar-refractivity contribution in [2.75, 3.05) is 12.0 Å². The van der Waals surface area contributed by atoms with Crippen LogP contribution >= 0.6 is 11.8 Å². The Balaban J connectivity index is 2.01. The standard InChI is InChI=1S/C12H18N2S/c1-9(8-15-2)14-11-6-5-10-4-3-7-13-12(10)11/h3-4,7,9,11,14H,5-6,8H2,1-2H3. The highest BCUT2D eigenvalue weighted by Crippen LogP contribution is 2.29. The number of aromatic nitrogens is 1. The number of fused-ring (bicyclic) bond motifs is 1. The molecule has 1 aliphatic rings. The fourth-order valence-electron chi connectivity index (χ4n) is 2.22. The number of hydrogen-bond donors (Lipinski definition) is 1. The third-order valence-electron chi connectivity index (χ3n) is 2.86. The van der Waals surface area contributed by atoms with Gasteiger partial charge in [0.05, 0.1) is 11.7 Å². The van der Waals surface area contributed by atoms with Crippen molar-refractivity contribution in [2.24, 2.45) is 0 Å². The van der Waals surface area contributed by atoms with Crippen LogP contribution in [0.4, 0.5) is 0 Å². The fraction of sp³-hybridized carbons (Fsp3) is 0.583. The minimum Gasteiger partial charge on any atom is -0.305 e. The minimum atomic E-state index is 0.475. The van der Waals surface area contributed by atoms with Crippen LogP contribution in [0.3, 0.4) is 0 Å². The topological polar surface area (TPSA) is 24.9 Å². The van der Waals surface area contributed by atoms with Crippen LogP contribution in [0.2, 0.25) is 0 Å². The second-order valence-electron chi connectivity index (χ2n) is 4.16. The SMILES string of the molecule is CSCC(C)NC1CCc2cccnc21. The smallest absolute Gasteiger partial charge is 0.0605 e. The molecule has 0 spiro atoms. The van der Waals surface area contributed by atoms with Crippen molar-refractivity contribution in [2.45, 2.75) is 31.8 Å². The molecule has 2 rings (SSSR count). The number of nitrogens with zero attached hydrogens (tertiary/aromatic N) is 1. The van der Waals surface area contributed by atoms with Crippen LogP contribution in [-0.2, 0) is 6.42 Å². The molecule has 2 nitrogen and oxygen atoms in total. The largest absolute Gasteiger partial charge is 0.305 e. The zero-order chi connectivity index (χ0) is 10.7. The molecule has 0 saturated carbocycles. The van der Waals surface area contributed by atoms with E-state index < -0.39 is 0 Å². The van der Waals surface area contributed by atoms with Crippen molar-refractivity contribution < 1.29 is 0 Å². The van der Waals surface area contributed by atoms with Crippen molar-refractivity contribution in [3.8, 4) is 0 Å². The van der Waals surface area contributed by atoms with Crippen molar-refractivity contribution in [3.05, 3.63) is 29.6 Å². The van der Waals surface area contributed by atoms with Crippen LogP contribution in [0.1, 0.15) is 30.6 Å². The average Bonchev–Trinajstić information content (AvgIpc) is 2.62. The summed E-state index contributed by atoms with van der Waals surface area (Å²) in [5.74, 6) is 1.17. The number of rotatable bonds is 4. The molecule has 0 aromatic carbocycles. The third-order valence-corrected chi connectivity index (χ3v) is 3.69. The van der Waals surface area contributed by atoms with Crippen molar-refractivity contribution in [1.82, 2.24) is 10.3 Å². The van der Waals surface area contributed by atoms with Gasteiger partial charge in [-0.3, -0.25) is 4.98 Å². The van der Waals surface area contributed by atoms with Gasteiger partial charge in [-0.15, -0.1) is 0 Å². The highest BCUT2D eigenvalue weighted by Gasteiger charge is 2.24. The van der Waals surface area contributed by atoms with Crippen LogP contribution in [0.5, 0.6) is 0 Å². The van der Waals surface area contributed by atoms with Gasteiger partial charge in [-0.2, -0.15) is 11.8 Å². The summed E-state index contributed by atoms with van der Waals surface area (Å²) in [6, 6.07) is 5.27. The van der Waals surface area contributed by atoms with Gasteiger partial charge in [0, 0.05) is 18.0 Å². The number of nitrogens with one attached hydrogen (secondary N) is 1. The Morgan fingerprint density at radius 3 is 3.33 bits per heavy atom. The molecule has 1 aromatic rings. The summed E-state index contributed by atoms with van der Waals surface area (Å²) in [6.45, 7) is 2.25. The van der Waals surface area contributed by atoms with Gasteiger partial charge in [-0.25, -0.2) is 0 Å². The summed E-state index contributed by atoms with van der Waals surface area (Å²) in [6.07, 6.45) is 6.43. The van der Waals surface area contributed by atoms with Crippen LogP contribution in [0.15, 0.2) is 18.3 Å². The van der Waals surface area contributed by atoms with E-state index in [1.807, 2.05) is 24.0 Å². The van der Waals surface area contributed by atoms with E-state index in [1.165, 1.54) is 29.9 Å². The predicted molar refractivity (Wildman–Crippen MR) is 66.3 cm³/mol. The van der Waals surface area contributed by atoms with Gasteiger partial charge in [0.15, 0.2) is 0 Å². The lowest BCUT2D eigenvalue weighted by atomic mass is 10.2. The average molecular weight is 222 g/mol. The maximum Gasteiger partial charge on any atom is 0.0605 e. The normalized spacial score (nSPS) is 21.3. The van der Waals surface area contributed by atoms with E-state index in [-0.39, 0.29) is 0 Å². The Hall–Kier alpha value is -0.540. The van der Waals surface area contributed by atoms with E-state index in [2.05, 4.69) is 29.5 Å². The number of thioether (sulfide) groups is 1. The predicted octanol–water partition coefficient (Wildman–Crippen LogP) is 2.41. The molecule has 0 fully saturated rings. The highest BCUT2D eigenvalue weighted by molar-refractivity contribution is 7.98. The molecule has 1 aromatic heterocycles. The molecular formula is C12H18N2S. The van der Waals surface area contributed by atoms with E-state index in [1.54, 1.807) is 0 Å². The van der Waals surface area contributed by atoms with Gasteiger partial charge < -0.3 is 5.32 Å². The Bertz CT molecular complexity index is 327. The zero-order valence-electron chi connectivity index (χ0n) is 9.36. The van der Waals surface area contributed by atoms with Gasteiger partial charge in [-0.05, 0) is 37.7 Å². The molecule has 82 valence electrons. The first kappa shape index (κ1) is 11.0. The number of hydrogen-bond acceptors (Lipinski definition) is 3. The summed E-state index contributed by atoms with van der Waals surface area (Å²) in [5, 5.41) is 3.65. The monoisotopic (exact) mass is 222 g/mol. The Morgan fingerprint density at radius 2 is 2.53 bits per heavy atom. The molecule has 0 radical (unpaired) electrons. The molecule has 0 saturated heterocycles. The van der Waals surface area contributed by atoms with Gasteiger partial charge in [0.25, 0.3) is 0 Å². The Morgan fingerprint density at radius 1 is 1.67 bits per heavy atom. The molecule has 1 heterocycles. The molecule has 2 unspecified atom stereocenters. The summed E-state index contributed by atoms with van der Waals surface area (Å²) in [4.78, 5) is 4.48. The Labute approximate surface area is 95.9 Å². The van der Waals surface area contributed by atoms with Crippen LogP contribution in [-0.4, -0.2) is 23.0 Å². The van der Waals surface area contributed by atoms with Crippen molar-refractivity contribution in [1.29, 1.82) is 0 Å². The van der Waals surface area contributed by atoms with Crippen LogP contribution in [0.25, 0.3) is 0 Å². The summed E-state index contributed by atoms with van der Waals surface area (Å²) < 4.78 is 0.